The average molecular weight is 394 g/mol. The molecule has 0 saturated carbocycles. The van der Waals surface area contributed by atoms with Crippen LogP contribution in [0.2, 0.25) is 0 Å². The van der Waals surface area contributed by atoms with E-state index in [2.05, 4.69) is 20.4 Å². The van der Waals surface area contributed by atoms with Crippen molar-refractivity contribution < 1.29 is 4.79 Å². The van der Waals surface area contributed by atoms with Crippen LogP contribution in [0.5, 0.6) is 0 Å². The Kier molecular flexibility index (Phi) is 4.85. The van der Waals surface area contributed by atoms with Crippen molar-refractivity contribution in [1.29, 1.82) is 0 Å². The van der Waals surface area contributed by atoms with E-state index in [1.165, 1.54) is 12.8 Å². The molecule has 0 spiro atoms. The van der Waals surface area contributed by atoms with E-state index < -0.39 is 0 Å². The fourth-order valence-corrected chi connectivity index (χ4v) is 3.94. The molecule has 5 heteroatoms. The van der Waals surface area contributed by atoms with E-state index in [4.69, 9.17) is 0 Å². The summed E-state index contributed by atoms with van der Waals surface area (Å²) in [5, 5.41) is 13.8. The standard InChI is InChI=1S/C25H22N4O/c30-25(22-9-5-7-18-6-1-2-8-21(18)22)26-20-12-10-19(11-13-20)23-14-15-24(28-27-23)29-16-3-4-17-29/h1-2,5-15H,3-4,16-17H2,(H,26,30). The molecular formula is C25H22N4O. The van der Waals surface area contributed by atoms with E-state index in [9.17, 15) is 4.79 Å². The van der Waals surface area contributed by atoms with E-state index in [0.717, 1.165) is 46.6 Å². The monoisotopic (exact) mass is 394 g/mol. The Morgan fingerprint density at radius 3 is 2.33 bits per heavy atom. The average Bonchev–Trinajstić information content (AvgIpc) is 3.34. The number of hydrogen-bond donors (Lipinski definition) is 1. The van der Waals surface area contributed by atoms with Crippen molar-refractivity contribution in [1.82, 2.24) is 10.2 Å². The Hall–Kier alpha value is -3.73. The SMILES string of the molecule is O=C(Nc1ccc(-c2ccc(N3CCCC3)nn2)cc1)c1cccc2ccccc12. The van der Waals surface area contributed by atoms with E-state index in [0.29, 0.717) is 5.56 Å². The quantitative estimate of drug-likeness (QED) is 0.520. The number of fused-ring (bicyclic) bond motifs is 1. The fourth-order valence-electron chi connectivity index (χ4n) is 3.94. The van der Waals surface area contributed by atoms with Gasteiger partial charge in [-0.05, 0) is 53.9 Å². The van der Waals surface area contributed by atoms with Crippen molar-refractivity contribution in [3.63, 3.8) is 0 Å². The lowest BCUT2D eigenvalue weighted by Gasteiger charge is -2.15. The molecule has 0 aliphatic carbocycles. The molecule has 1 aromatic heterocycles. The topological polar surface area (TPSA) is 58.1 Å². The summed E-state index contributed by atoms with van der Waals surface area (Å²) >= 11 is 0. The Morgan fingerprint density at radius 2 is 1.57 bits per heavy atom. The summed E-state index contributed by atoms with van der Waals surface area (Å²) in [4.78, 5) is 15.1. The highest BCUT2D eigenvalue weighted by Crippen LogP contribution is 2.24. The van der Waals surface area contributed by atoms with Crippen LogP contribution in [0, 0.1) is 0 Å². The summed E-state index contributed by atoms with van der Waals surface area (Å²) < 4.78 is 0. The maximum absolute atomic E-state index is 12.8. The van der Waals surface area contributed by atoms with Gasteiger partial charge in [0.15, 0.2) is 5.82 Å². The molecule has 5 rings (SSSR count). The number of nitrogens with one attached hydrogen (secondary N) is 1. The van der Waals surface area contributed by atoms with Crippen LogP contribution in [-0.2, 0) is 0 Å². The van der Waals surface area contributed by atoms with Crippen molar-refractivity contribution >= 4 is 28.2 Å². The van der Waals surface area contributed by atoms with Gasteiger partial charge < -0.3 is 10.2 Å². The van der Waals surface area contributed by atoms with Crippen LogP contribution in [0.3, 0.4) is 0 Å². The third kappa shape index (κ3) is 3.62. The van der Waals surface area contributed by atoms with Gasteiger partial charge in [0.05, 0.1) is 5.69 Å². The van der Waals surface area contributed by atoms with E-state index in [1.54, 1.807) is 0 Å². The summed E-state index contributed by atoms with van der Waals surface area (Å²) in [7, 11) is 0. The van der Waals surface area contributed by atoms with E-state index in [1.807, 2.05) is 78.9 Å². The van der Waals surface area contributed by atoms with E-state index >= 15 is 0 Å². The zero-order valence-corrected chi connectivity index (χ0v) is 16.6. The molecule has 4 aromatic rings. The number of nitrogens with zero attached hydrogens (tertiary/aromatic N) is 3. The second-order valence-electron chi connectivity index (χ2n) is 7.53. The fraction of sp³-hybridized carbons (Fsp3) is 0.160. The minimum absolute atomic E-state index is 0.116. The molecule has 0 radical (unpaired) electrons. The highest BCUT2D eigenvalue weighted by molar-refractivity contribution is 6.12. The molecule has 1 N–H and O–H groups in total. The maximum Gasteiger partial charge on any atom is 0.256 e. The largest absolute Gasteiger partial charge is 0.355 e. The first-order valence-electron chi connectivity index (χ1n) is 10.3. The van der Waals surface area contributed by atoms with Crippen LogP contribution in [0.15, 0.2) is 78.9 Å². The molecular weight excluding hydrogens is 372 g/mol. The van der Waals surface area contributed by atoms with Crippen molar-refractivity contribution in [2.24, 2.45) is 0 Å². The second-order valence-corrected chi connectivity index (χ2v) is 7.53. The number of hydrogen-bond acceptors (Lipinski definition) is 4. The zero-order valence-electron chi connectivity index (χ0n) is 16.6. The molecule has 1 aliphatic heterocycles. The first kappa shape index (κ1) is 18.3. The number of carbonyl (C=O) groups is 1. The molecule has 0 atom stereocenters. The minimum Gasteiger partial charge on any atom is -0.355 e. The van der Waals surface area contributed by atoms with Gasteiger partial charge >= 0.3 is 0 Å². The zero-order chi connectivity index (χ0) is 20.3. The van der Waals surface area contributed by atoms with E-state index in [-0.39, 0.29) is 5.91 Å². The van der Waals surface area contributed by atoms with Gasteiger partial charge in [0.2, 0.25) is 0 Å². The van der Waals surface area contributed by atoms with Crippen molar-refractivity contribution in [3.8, 4) is 11.3 Å². The molecule has 0 bridgehead atoms. The predicted molar refractivity (Wildman–Crippen MR) is 121 cm³/mol. The first-order valence-corrected chi connectivity index (χ1v) is 10.3. The summed E-state index contributed by atoms with van der Waals surface area (Å²) in [6.07, 6.45) is 2.44. The van der Waals surface area contributed by atoms with Gasteiger partial charge in [0, 0.05) is 29.9 Å². The summed E-state index contributed by atoms with van der Waals surface area (Å²) in [6, 6.07) is 25.4. The summed E-state index contributed by atoms with van der Waals surface area (Å²) in [5.41, 5.74) is 3.21. The first-order chi connectivity index (χ1) is 14.8. The highest BCUT2D eigenvalue weighted by atomic mass is 16.1. The second kappa shape index (κ2) is 7.95. The Bertz CT molecular complexity index is 1170. The third-order valence-corrected chi connectivity index (χ3v) is 5.55. The number of amides is 1. The molecule has 2 heterocycles. The number of carbonyl (C=O) groups excluding carboxylic acids is 1. The lowest BCUT2D eigenvalue weighted by molar-refractivity contribution is 0.102. The molecule has 1 amide bonds. The minimum atomic E-state index is -0.116. The van der Waals surface area contributed by atoms with Gasteiger partial charge in [0.1, 0.15) is 0 Å². The van der Waals surface area contributed by atoms with Crippen LogP contribution >= 0.6 is 0 Å². The Labute approximate surface area is 175 Å². The summed E-state index contributed by atoms with van der Waals surface area (Å²) in [5.74, 6) is 0.824. The van der Waals surface area contributed by atoms with Gasteiger partial charge in [-0.1, -0.05) is 48.5 Å². The molecule has 1 saturated heterocycles. The van der Waals surface area contributed by atoms with Gasteiger partial charge in [0.25, 0.3) is 5.91 Å². The predicted octanol–water partition coefficient (Wildman–Crippen LogP) is 5.15. The van der Waals surface area contributed by atoms with Crippen LogP contribution < -0.4 is 10.2 Å². The lowest BCUT2D eigenvalue weighted by Crippen LogP contribution is -2.19. The lowest BCUT2D eigenvalue weighted by atomic mass is 10.0. The Balaban J connectivity index is 1.32. The number of anilines is 2. The number of benzene rings is 3. The maximum atomic E-state index is 12.8. The molecule has 1 aliphatic rings. The third-order valence-electron chi connectivity index (χ3n) is 5.55. The van der Waals surface area contributed by atoms with Gasteiger partial charge in [-0.2, -0.15) is 0 Å². The van der Waals surface area contributed by atoms with Crippen LogP contribution in [0.1, 0.15) is 23.2 Å². The normalized spacial score (nSPS) is 13.5. The molecule has 30 heavy (non-hydrogen) atoms. The molecule has 3 aromatic carbocycles. The van der Waals surface area contributed by atoms with Crippen molar-refractivity contribution in [2.45, 2.75) is 12.8 Å². The van der Waals surface area contributed by atoms with Gasteiger partial charge in [-0.25, -0.2) is 0 Å². The van der Waals surface area contributed by atoms with Crippen LogP contribution in [0.4, 0.5) is 11.5 Å². The highest BCUT2D eigenvalue weighted by Gasteiger charge is 2.14. The van der Waals surface area contributed by atoms with Crippen LogP contribution in [0.25, 0.3) is 22.0 Å². The Morgan fingerprint density at radius 1 is 0.800 bits per heavy atom. The molecule has 148 valence electrons. The molecule has 5 nitrogen and oxygen atoms in total. The van der Waals surface area contributed by atoms with Crippen LogP contribution in [-0.4, -0.2) is 29.2 Å². The smallest absolute Gasteiger partial charge is 0.256 e. The molecule has 1 fully saturated rings. The number of aromatic nitrogens is 2. The number of rotatable bonds is 4. The summed E-state index contributed by atoms with van der Waals surface area (Å²) in [6.45, 7) is 2.11. The van der Waals surface area contributed by atoms with Gasteiger partial charge in [-0.15, -0.1) is 10.2 Å². The van der Waals surface area contributed by atoms with Crippen molar-refractivity contribution in [3.05, 3.63) is 84.4 Å². The van der Waals surface area contributed by atoms with Gasteiger partial charge in [-0.3, -0.25) is 4.79 Å². The van der Waals surface area contributed by atoms with Crippen molar-refractivity contribution in [2.75, 3.05) is 23.3 Å². The molecule has 0 unspecified atom stereocenters.